The summed E-state index contributed by atoms with van der Waals surface area (Å²) in [7, 11) is -3.59. The van der Waals surface area contributed by atoms with Gasteiger partial charge in [-0.05, 0) is 61.0 Å². The quantitative estimate of drug-likeness (QED) is 0.751. The molecule has 1 N–H and O–H groups in total. The van der Waals surface area contributed by atoms with Crippen LogP contribution in [0.5, 0.6) is 5.75 Å². The lowest BCUT2D eigenvalue weighted by atomic mass is 10.1. The van der Waals surface area contributed by atoms with E-state index in [2.05, 4.69) is 4.72 Å². The number of rotatable bonds is 5. The molecule has 5 heteroatoms. The van der Waals surface area contributed by atoms with Crippen LogP contribution in [0.15, 0.2) is 65.6 Å². The van der Waals surface area contributed by atoms with Crippen molar-refractivity contribution in [3.8, 4) is 5.75 Å². The highest BCUT2D eigenvalue weighted by Crippen LogP contribution is 2.25. The van der Waals surface area contributed by atoms with Crippen molar-refractivity contribution in [2.45, 2.75) is 18.7 Å². The molecule has 0 atom stereocenters. The van der Waals surface area contributed by atoms with Crippen LogP contribution in [0.1, 0.15) is 12.5 Å². The first-order valence-electron chi connectivity index (χ1n) is 7.74. The number of hydrogen-bond acceptors (Lipinski definition) is 3. The number of ether oxygens (including phenoxy) is 1. The Kier molecular flexibility index (Phi) is 4.44. The maximum atomic E-state index is 12.5. The van der Waals surface area contributed by atoms with Gasteiger partial charge in [-0.1, -0.05) is 29.8 Å². The largest absolute Gasteiger partial charge is 0.494 e. The van der Waals surface area contributed by atoms with Crippen molar-refractivity contribution in [1.82, 2.24) is 0 Å². The zero-order valence-corrected chi connectivity index (χ0v) is 14.4. The van der Waals surface area contributed by atoms with Gasteiger partial charge in [0.1, 0.15) is 5.75 Å². The topological polar surface area (TPSA) is 55.4 Å². The minimum Gasteiger partial charge on any atom is -0.494 e. The predicted octanol–water partition coefficient (Wildman–Crippen LogP) is 4.35. The van der Waals surface area contributed by atoms with Crippen molar-refractivity contribution in [3.05, 3.63) is 66.2 Å². The highest BCUT2D eigenvalue weighted by Gasteiger charge is 2.14. The standard InChI is InChI=1S/C19H19NO3S/c1-3-23-18-9-7-15-12-17(8-6-16(15)13-18)20-24(21,22)19-10-4-14(2)5-11-19/h4-13,20H,3H2,1-2H3. The Balaban J connectivity index is 1.89. The Labute approximate surface area is 142 Å². The number of benzene rings is 3. The van der Waals surface area contributed by atoms with Crippen LogP contribution in [0.2, 0.25) is 0 Å². The zero-order valence-electron chi connectivity index (χ0n) is 13.6. The molecule has 3 aromatic carbocycles. The van der Waals surface area contributed by atoms with Gasteiger partial charge in [0.25, 0.3) is 10.0 Å². The Morgan fingerprint density at radius 1 is 0.917 bits per heavy atom. The molecule has 124 valence electrons. The van der Waals surface area contributed by atoms with Crippen LogP contribution >= 0.6 is 0 Å². The van der Waals surface area contributed by atoms with Gasteiger partial charge in [-0.2, -0.15) is 0 Å². The van der Waals surface area contributed by atoms with Crippen LogP contribution in [-0.4, -0.2) is 15.0 Å². The molecule has 0 saturated heterocycles. The lowest BCUT2D eigenvalue weighted by Crippen LogP contribution is -2.12. The molecular formula is C19H19NO3S. The van der Waals surface area contributed by atoms with Crippen molar-refractivity contribution in [3.63, 3.8) is 0 Å². The number of aryl methyl sites for hydroxylation is 1. The van der Waals surface area contributed by atoms with Crippen LogP contribution in [-0.2, 0) is 10.0 Å². The fourth-order valence-corrected chi connectivity index (χ4v) is 3.52. The van der Waals surface area contributed by atoms with Gasteiger partial charge >= 0.3 is 0 Å². The summed E-state index contributed by atoms with van der Waals surface area (Å²) in [5, 5.41) is 1.95. The lowest BCUT2D eigenvalue weighted by molar-refractivity contribution is 0.341. The van der Waals surface area contributed by atoms with Crippen molar-refractivity contribution in [2.75, 3.05) is 11.3 Å². The van der Waals surface area contributed by atoms with Gasteiger partial charge in [0.15, 0.2) is 0 Å². The second-order valence-corrected chi connectivity index (χ2v) is 7.26. The van der Waals surface area contributed by atoms with Gasteiger partial charge in [-0.25, -0.2) is 8.42 Å². The van der Waals surface area contributed by atoms with Crippen LogP contribution in [0.25, 0.3) is 10.8 Å². The molecule has 0 radical (unpaired) electrons. The predicted molar refractivity (Wildman–Crippen MR) is 97.1 cm³/mol. The molecule has 0 aliphatic rings. The van der Waals surface area contributed by atoms with E-state index < -0.39 is 10.0 Å². The van der Waals surface area contributed by atoms with E-state index in [1.54, 1.807) is 30.3 Å². The van der Waals surface area contributed by atoms with Gasteiger partial charge in [0.2, 0.25) is 0 Å². The first-order valence-corrected chi connectivity index (χ1v) is 9.22. The van der Waals surface area contributed by atoms with Crippen molar-refractivity contribution >= 4 is 26.5 Å². The minimum atomic E-state index is -3.59. The molecule has 3 aromatic rings. The van der Waals surface area contributed by atoms with E-state index in [1.165, 1.54) is 0 Å². The van der Waals surface area contributed by atoms with Crippen molar-refractivity contribution < 1.29 is 13.2 Å². The van der Waals surface area contributed by atoms with Gasteiger partial charge in [-0.15, -0.1) is 0 Å². The van der Waals surface area contributed by atoms with Crippen molar-refractivity contribution in [1.29, 1.82) is 0 Å². The first kappa shape index (κ1) is 16.3. The molecule has 0 aromatic heterocycles. The smallest absolute Gasteiger partial charge is 0.261 e. The highest BCUT2D eigenvalue weighted by atomic mass is 32.2. The monoisotopic (exact) mass is 341 g/mol. The van der Waals surface area contributed by atoms with E-state index in [0.29, 0.717) is 12.3 Å². The SMILES string of the molecule is CCOc1ccc2cc(NS(=O)(=O)c3ccc(C)cc3)ccc2c1. The Hall–Kier alpha value is -2.53. The number of sulfonamides is 1. The Morgan fingerprint density at radius 3 is 2.29 bits per heavy atom. The van der Waals surface area contributed by atoms with E-state index in [-0.39, 0.29) is 4.90 Å². The summed E-state index contributed by atoms with van der Waals surface area (Å²) < 4.78 is 33.0. The third-order valence-electron chi connectivity index (χ3n) is 3.71. The zero-order chi connectivity index (χ0) is 17.2. The molecule has 0 amide bonds. The summed E-state index contributed by atoms with van der Waals surface area (Å²) in [5.41, 5.74) is 1.55. The third kappa shape index (κ3) is 3.51. The van der Waals surface area contributed by atoms with Crippen LogP contribution in [0.3, 0.4) is 0 Å². The third-order valence-corrected chi connectivity index (χ3v) is 5.10. The lowest BCUT2D eigenvalue weighted by Gasteiger charge is -2.10. The van der Waals surface area contributed by atoms with Gasteiger partial charge in [0.05, 0.1) is 11.5 Å². The molecule has 0 spiro atoms. The van der Waals surface area contributed by atoms with Crippen molar-refractivity contribution in [2.24, 2.45) is 0 Å². The average molecular weight is 341 g/mol. The fourth-order valence-electron chi connectivity index (χ4n) is 2.48. The molecule has 0 fully saturated rings. The molecule has 0 aliphatic carbocycles. The maximum Gasteiger partial charge on any atom is 0.261 e. The summed E-state index contributed by atoms with van der Waals surface area (Å²) >= 11 is 0. The summed E-state index contributed by atoms with van der Waals surface area (Å²) in [6.45, 7) is 4.47. The highest BCUT2D eigenvalue weighted by molar-refractivity contribution is 7.92. The van der Waals surface area contributed by atoms with Crippen LogP contribution in [0, 0.1) is 6.92 Å². The normalized spacial score (nSPS) is 11.4. The second-order valence-electron chi connectivity index (χ2n) is 5.58. The molecule has 0 aliphatic heterocycles. The molecule has 4 nitrogen and oxygen atoms in total. The molecule has 0 unspecified atom stereocenters. The molecular weight excluding hydrogens is 322 g/mol. The summed E-state index contributed by atoms with van der Waals surface area (Å²) in [5.74, 6) is 0.804. The summed E-state index contributed by atoms with van der Waals surface area (Å²) in [6, 6.07) is 18.0. The van der Waals surface area contributed by atoms with E-state index >= 15 is 0 Å². The Bertz CT molecular complexity index is 964. The first-order chi connectivity index (χ1) is 11.5. The number of fused-ring (bicyclic) bond motifs is 1. The number of anilines is 1. The summed E-state index contributed by atoms with van der Waals surface area (Å²) in [4.78, 5) is 0.250. The minimum absolute atomic E-state index is 0.250. The maximum absolute atomic E-state index is 12.5. The molecule has 24 heavy (non-hydrogen) atoms. The van der Waals surface area contributed by atoms with Crippen LogP contribution in [0.4, 0.5) is 5.69 Å². The second kappa shape index (κ2) is 6.53. The summed E-state index contributed by atoms with van der Waals surface area (Å²) in [6.07, 6.45) is 0. The molecule has 0 heterocycles. The van der Waals surface area contributed by atoms with E-state index in [0.717, 1.165) is 22.1 Å². The number of nitrogens with one attached hydrogen (secondary N) is 1. The Morgan fingerprint density at radius 2 is 1.58 bits per heavy atom. The molecule has 0 bridgehead atoms. The fraction of sp³-hybridized carbons (Fsp3) is 0.158. The molecule has 0 saturated carbocycles. The number of hydrogen-bond donors (Lipinski definition) is 1. The average Bonchev–Trinajstić information content (AvgIpc) is 2.55. The van der Waals surface area contributed by atoms with E-state index in [9.17, 15) is 8.42 Å². The van der Waals surface area contributed by atoms with Gasteiger partial charge in [0, 0.05) is 5.69 Å². The van der Waals surface area contributed by atoms with Gasteiger partial charge < -0.3 is 4.74 Å². The van der Waals surface area contributed by atoms with E-state index in [1.807, 2.05) is 44.2 Å². The van der Waals surface area contributed by atoms with Gasteiger partial charge in [-0.3, -0.25) is 4.72 Å². The molecule has 3 rings (SSSR count). The van der Waals surface area contributed by atoms with Crippen LogP contribution < -0.4 is 9.46 Å². The van der Waals surface area contributed by atoms with E-state index in [4.69, 9.17) is 4.74 Å².